The van der Waals surface area contributed by atoms with Crippen molar-refractivity contribution in [3.05, 3.63) is 88.9 Å². The smallest absolute Gasteiger partial charge is 0.319 e. The zero-order valence-electron chi connectivity index (χ0n) is 26.9. The first kappa shape index (κ1) is 31.5. The molecule has 0 bridgehead atoms. The first-order valence-electron chi connectivity index (χ1n) is 16.0. The Morgan fingerprint density at radius 2 is 1.83 bits per heavy atom. The fourth-order valence-electron chi connectivity index (χ4n) is 6.47. The lowest BCUT2D eigenvalue weighted by Crippen LogP contribution is -2.35. The van der Waals surface area contributed by atoms with Crippen molar-refractivity contribution < 1.29 is 19.4 Å². The zero-order chi connectivity index (χ0) is 32.4. The Morgan fingerprint density at radius 3 is 2.57 bits per heavy atom. The standard InChI is InChI=1S/C35H43N7O4/c1-35(2,3)23-18-22(33(44)36-15-17-43)19-24(20-23)37-34(45)38-28-12-13-30(27-9-6-5-8-26(27)28)46-25-11-14-31-39-40-32(42(31)21-25)29-10-7-16-41(29)4/h5-6,8-9,11,14,18-21,28-30,43H,7,10,12-13,15-17H2,1-4H3,(H,36,44)(H2,37,38,45)/t28-,29-,30+/m0/s1. The highest BCUT2D eigenvalue weighted by Crippen LogP contribution is 2.39. The number of likely N-dealkylation sites (tertiary alicyclic amines) is 1. The van der Waals surface area contributed by atoms with Crippen LogP contribution in [0.5, 0.6) is 5.75 Å². The van der Waals surface area contributed by atoms with Gasteiger partial charge in [0.15, 0.2) is 11.5 Å². The second-order valence-electron chi connectivity index (χ2n) is 13.3. The fraction of sp³-hybridized carbons (Fsp3) is 0.429. The molecule has 46 heavy (non-hydrogen) atoms. The van der Waals surface area contributed by atoms with Gasteiger partial charge >= 0.3 is 6.03 Å². The molecule has 0 saturated carbocycles. The number of ether oxygens (including phenoxy) is 1. The van der Waals surface area contributed by atoms with E-state index < -0.39 is 0 Å². The van der Waals surface area contributed by atoms with Crippen molar-refractivity contribution in [2.75, 3.05) is 32.1 Å². The molecule has 2 aromatic heterocycles. The predicted molar refractivity (Wildman–Crippen MR) is 176 cm³/mol. The van der Waals surface area contributed by atoms with Crippen molar-refractivity contribution in [3.63, 3.8) is 0 Å². The quantitative estimate of drug-likeness (QED) is 0.209. The number of anilines is 1. The van der Waals surface area contributed by atoms with E-state index in [2.05, 4.69) is 64.9 Å². The number of nitrogens with one attached hydrogen (secondary N) is 3. The first-order valence-corrected chi connectivity index (χ1v) is 16.0. The minimum atomic E-state index is -0.352. The molecule has 2 aromatic carbocycles. The van der Waals surface area contributed by atoms with Gasteiger partial charge in [0, 0.05) is 17.8 Å². The Hall–Kier alpha value is -4.48. The van der Waals surface area contributed by atoms with Gasteiger partial charge in [0.2, 0.25) is 0 Å². The van der Waals surface area contributed by atoms with E-state index in [0.717, 1.165) is 59.7 Å². The molecule has 3 atom stereocenters. The molecule has 1 saturated heterocycles. The molecule has 4 aromatic rings. The second-order valence-corrected chi connectivity index (χ2v) is 13.3. The zero-order valence-corrected chi connectivity index (χ0v) is 26.9. The summed E-state index contributed by atoms with van der Waals surface area (Å²) in [5.74, 6) is 1.38. The summed E-state index contributed by atoms with van der Waals surface area (Å²) in [7, 11) is 2.13. The molecular formula is C35H43N7O4. The topological polar surface area (TPSA) is 133 Å². The van der Waals surface area contributed by atoms with Crippen LogP contribution in [0, 0.1) is 0 Å². The van der Waals surface area contributed by atoms with Gasteiger partial charge in [-0.2, -0.15) is 0 Å². The third-order valence-corrected chi connectivity index (χ3v) is 8.96. The lowest BCUT2D eigenvalue weighted by molar-refractivity contribution is 0.0944. The van der Waals surface area contributed by atoms with Crippen LogP contribution in [0.2, 0.25) is 0 Å². The molecule has 242 valence electrons. The average molecular weight is 626 g/mol. The third-order valence-electron chi connectivity index (χ3n) is 8.96. The number of rotatable bonds is 8. The number of hydrogen-bond acceptors (Lipinski definition) is 7. The van der Waals surface area contributed by atoms with Crippen LogP contribution in [0.1, 0.15) is 97.5 Å². The van der Waals surface area contributed by atoms with E-state index in [-0.39, 0.29) is 48.7 Å². The van der Waals surface area contributed by atoms with E-state index in [0.29, 0.717) is 17.7 Å². The lowest BCUT2D eigenvalue weighted by Gasteiger charge is -2.32. The van der Waals surface area contributed by atoms with Gasteiger partial charge in [-0.25, -0.2) is 4.79 Å². The van der Waals surface area contributed by atoms with Crippen molar-refractivity contribution >= 4 is 23.3 Å². The average Bonchev–Trinajstić information content (AvgIpc) is 3.65. The summed E-state index contributed by atoms with van der Waals surface area (Å²) in [4.78, 5) is 28.4. The first-order chi connectivity index (χ1) is 22.1. The number of urea groups is 1. The molecule has 1 aliphatic heterocycles. The van der Waals surface area contributed by atoms with Gasteiger partial charge in [0.05, 0.1) is 24.9 Å². The van der Waals surface area contributed by atoms with Gasteiger partial charge < -0.3 is 25.8 Å². The van der Waals surface area contributed by atoms with E-state index in [1.807, 2.05) is 53.1 Å². The van der Waals surface area contributed by atoms with E-state index >= 15 is 0 Å². The van der Waals surface area contributed by atoms with Crippen LogP contribution >= 0.6 is 0 Å². The molecule has 3 amide bonds. The van der Waals surface area contributed by atoms with E-state index in [1.54, 1.807) is 6.07 Å². The number of nitrogens with zero attached hydrogens (tertiary/aromatic N) is 4. The van der Waals surface area contributed by atoms with E-state index in [9.17, 15) is 9.59 Å². The third kappa shape index (κ3) is 6.70. The molecule has 11 heteroatoms. The van der Waals surface area contributed by atoms with Crippen LogP contribution in [-0.4, -0.2) is 63.3 Å². The molecule has 1 fully saturated rings. The van der Waals surface area contributed by atoms with Gasteiger partial charge in [-0.3, -0.25) is 14.1 Å². The summed E-state index contributed by atoms with van der Waals surface area (Å²) in [6.45, 7) is 7.21. The second kappa shape index (κ2) is 13.1. The number of aromatic nitrogens is 3. The molecule has 1 aliphatic carbocycles. The Kier molecular flexibility index (Phi) is 8.97. The Morgan fingerprint density at radius 1 is 1.02 bits per heavy atom. The number of aliphatic hydroxyl groups is 1. The summed E-state index contributed by atoms with van der Waals surface area (Å²) in [5.41, 5.74) is 4.46. The SMILES string of the molecule is CN1CCC[C@H]1c1nnc2ccc(O[C@@H]3CC[C@H](NC(=O)Nc4cc(C(=O)NCCO)cc(C(C)(C)C)c4)c4ccccc43)cn12. The molecular weight excluding hydrogens is 582 g/mol. The van der Waals surface area contributed by atoms with Crippen LogP contribution in [0.3, 0.4) is 0 Å². The highest BCUT2D eigenvalue weighted by Gasteiger charge is 2.31. The monoisotopic (exact) mass is 625 g/mol. The van der Waals surface area contributed by atoms with E-state index in [4.69, 9.17) is 9.84 Å². The summed E-state index contributed by atoms with van der Waals surface area (Å²) in [6.07, 6.45) is 5.43. The van der Waals surface area contributed by atoms with Gasteiger partial charge in [-0.05, 0) is 91.7 Å². The minimum Gasteiger partial charge on any atom is -0.484 e. The molecule has 0 unspecified atom stereocenters. The maximum absolute atomic E-state index is 13.3. The number of pyridine rings is 1. The number of benzene rings is 2. The molecule has 11 nitrogen and oxygen atoms in total. The molecule has 0 spiro atoms. The van der Waals surface area contributed by atoms with Crippen molar-refractivity contribution in [1.29, 1.82) is 0 Å². The molecule has 4 N–H and O–H groups in total. The molecule has 3 heterocycles. The normalized spacial score (nSPS) is 19.9. The number of aliphatic hydroxyl groups excluding tert-OH is 1. The fourth-order valence-corrected chi connectivity index (χ4v) is 6.47. The van der Waals surface area contributed by atoms with Crippen molar-refractivity contribution in [3.8, 4) is 5.75 Å². The van der Waals surface area contributed by atoms with Crippen molar-refractivity contribution in [2.24, 2.45) is 0 Å². The molecule has 0 radical (unpaired) electrons. The van der Waals surface area contributed by atoms with E-state index in [1.165, 1.54) is 0 Å². The van der Waals surface area contributed by atoms with Crippen molar-refractivity contribution in [1.82, 2.24) is 30.1 Å². The Bertz CT molecular complexity index is 1730. The minimum absolute atomic E-state index is 0.149. The Balaban J connectivity index is 1.17. The Labute approximate surface area is 269 Å². The highest BCUT2D eigenvalue weighted by atomic mass is 16.5. The van der Waals surface area contributed by atoms with Crippen LogP contribution in [-0.2, 0) is 5.41 Å². The molecule has 6 rings (SSSR count). The summed E-state index contributed by atoms with van der Waals surface area (Å²) in [6, 6.07) is 17.0. The van der Waals surface area contributed by atoms with Crippen LogP contribution in [0.15, 0.2) is 60.8 Å². The van der Waals surface area contributed by atoms with Crippen molar-refractivity contribution in [2.45, 2.75) is 70.1 Å². The van der Waals surface area contributed by atoms with Crippen LogP contribution in [0.4, 0.5) is 10.5 Å². The van der Waals surface area contributed by atoms with Gasteiger partial charge in [0.25, 0.3) is 5.91 Å². The van der Waals surface area contributed by atoms with Gasteiger partial charge in [0.1, 0.15) is 11.9 Å². The number of amides is 3. The van der Waals surface area contributed by atoms with Gasteiger partial charge in [-0.1, -0.05) is 45.0 Å². The van der Waals surface area contributed by atoms with Crippen LogP contribution in [0.25, 0.3) is 5.65 Å². The van der Waals surface area contributed by atoms with Crippen LogP contribution < -0.4 is 20.7 Å². The number of carbonyl (C=O) groups excluding carboxylic acids is 2. The summed E-state index contributed by atoms with van der Waals surface area (Å²) in [5, 5.41) is 26.8. The lowest BCUT2D eigenvalue weighted by atomic mass is 9.85. The summed E-state index contributed by atoms with van der Waals surface area (Å²) < 4.78 is 8.63. The molecule has 2 aliphatic rings. The summed E-state index contributed by atoms with van der Waals surface area (Å²) >= 11 is 0. The largest absolute Gasteiger partial charge is 0.484 e. The number of carbonyl (C=O) groups is 2. The maximum Gasteiger partial charge on any atom is 0.319 e. The maximum atomic E-state index is 13.3. The number of fused-ring (bicyclic) bond motifs is 2. The predicted octanol–water partition coefficient (Wildman–Crippen LogP) is 5.29. The number of hydrogen-bond donors (Lipinski definition) is 4. The van der Waals surface area contributed by atoms with Gasteiger partial charge in [-0.15, -0.1) is 10.2 Å². The highest BCUT2D eigenvalue weighted by molar-refractivity contribution is 5.97.